The summed E-state index contributed by atoms with van der Waals surface area (Å²) in [5.74, 6) is -0.0649. The zero-order valence-corrected chi connectivity index (χ0v) is 23.1. The van der Waals surface area contributed by atoms with E-state index in [1.807, 2.05) is 77.5 Å². The van der Waals surface area contributed by atoms with Gasteiger partial charge < -0.3 is 20.1 Å². The molecule has 0 saturated carbocycles. The maximum absolute atomic E-state index is 13.0. The summed E-state index contributed by atoms with van der Waals surface area (Å²) in [7, 11) is 0. The normalized spacial score (nSPS) is 16.9. The Bertz CT molecular complexity index is 1460. The number of amides is 1. The first-order valence-corrected chi connectivity index (χ1v) is 13.6. The van der Waals surface area contributed by atoms with Crippen LogP contribution in [0, 0.1) is 0 Å². The first kappa shape index (κ1) is 26.2. The van der Waals surface area contributed by atoms with Crippen molar-refractivity contribution in [2.45, 2.75) is 31.8 Å². The summed E-state index contributed by atoms with van der Waals surface area (Å²) in [4.78, 5) is 19.7. The highest BCUT2D eigenvalue weighted by atomic mass is 35.5. The van der Waals surface area contributed by atoms with Gasteiger partial charge in [0.25, 0.3) is 0 Å². The number of thiocarbonyl (C=S) groups is 1. The summed E-state index contributed by atoms with van der Waals surface area (Å²) in [5.41, 5.74) is 4.58. The lowest BCUT2D eigenvalue weighted by atomic mass is 10.0. The third kappa shape index (κ3) is 5.41. The zero-order chi connectivity index (χ0) is 26.6. The van der Waals surface area contributed by atoms with Crippen LogP contribution >= 0.6 is 35.4 Å². The number of aromatic nitrogens is 2. The minimum atomic E-state index is -0.227. The minimum absolute atomic E-state index is 0.0649. The molecule has 2 aromatic carbocycles. The molecule has 0 spiro atoms. The van der Waals surface area contributed by atoms with Crippen LogP contribution in [-0.2, 0) is 11.2 Å². The number of nitrogens with zero attached hydrogens (tertiary/aromatic N) is 3. The van der Waals surface area contributed by atoms with Gasteiger partial charge in [-0.1, -0.05) is 54.4 Å². The van der Waals surface area contributed by atoms with E-state index in [0.29, 0.717) is 21.7 Å². The van der Waals surface area contributed by atoms with Crippen molar-refractivity contribution in [3.63, 3.8) is 0 Å². The van der Waals surface area contributed by atoms with Gasteiger partial charge in [-0.15, -0.1) is 0 Å². The number of para-hydroxylation sites is 1. The first-order valence-electron chi connectivity index (χ1n) is 12.4. The number of pyridine rings is 1. The van der Waals surface area contributed by atoms with Gasteiger partial charge in [0.15, 0.2) is 5.11 Å². The Labute approximate surface area is 237 Å². The van der Waals surface area contributed by atoms with Crippen molar-refractivity contribution in [2.24, 2.45) is 0 Å². The molecule has 194 valence electrons. The van der Waals surface area contributed by atoms with Gasteiger partial charge in [0, 0.05) is 41.8 Å². The van der Waals surface area contributed by atoms with E-state index in [0.717, 1.165) is 34.7 Å². The molecule has 9 heteroatoms. The highest BCUT2D eigenvalue weighted by Crippen LogP contribution is 2.40. The fraction of sp³-hybridized carbons (Fsp3) is 0.207. The lowest BCUT2D eigenvalue weighted by Crippen LogP contribution is -2.33. The van der Waals surface area contributed by atoms with E-state index in [1.54, 1.807) is 12.3 Å². The number of hydrogen-bond acceptors (Lipinski definition) is 3. The van der Waals surface area contributed by atoms with E-state index >= 15 is 0 Å². The average Bonchev–Trinajstić information content (AvgIpc) is 3.52. The second-order valence-corrected chi connectivity index (χ2v) is 10.3. The van der Waals surface area contributed by atoms with E-state index < -0.39 is 0 Å². The predicted octanol–water partition coefficient (Wildman–Crippen LogP) is 6.74. The van der Waals surface area contributed by atoms with E-state index in [-0.39, 0.29) is 24.4 Å². The lowest BCUT2D eigenvalue weighted by molar-refractivity contribution is -0.116. The Morgan fingerprint density at radius 3 is 2.66 bits per heavy atom. The lowest BCUT2D eigenvalue weighted by Gasteiger charge is -2.29. The standard InChI is InChI=1S/C29H27Cl2N5OS/c1-2-19-8-3-4-9-22(19)33-26(37)14-17-36-28(27(34-29(36)38)23-10-5-6-15-32-23)25-11-7-16-35(25)24-13-12-20(30)18-21(24)31/h3-13,15-16,18,27-28H,2,14,17H2,1H3,(H,33,37)(H,34,38)/t27-,28+/m1/s1. The molecule has 2 atom stereocenters. The fourth-order valence-electron chi connectivity index (χ4n) is 4.88. The van der Waals surface area contributed by atoms with Crippen LogP contribution in [0.2, 0.25) is 10.0 Å². The molecule has 1 fully saturated rings. The zero-order valence-electron chi connectivity index (χ0n) is 20.8. The van der Waals surface area contributed by atoms with Crippen LogP contribution in [0.5, 0.6) is 0 Å². The van der Waals surface area contributed by atoms with Gasteiger partial charge in [-0.05, 0) is 72.7 Å². The Kier molecular flexibility index (Phi) is 7.98. The monoisotopic (exact) mass is 563 g/mol. The van der Waals surface area contributed by atoms with Gasteiger partial charge in [-0.3, -0.25) is 9.78 Å². The van der Waals surface area contributed by atoms with Gasteiger partial charge in [-0.25, -0.2) is 0 Å². The quantitative estimate of drug-likeness (QED) is 0.232. The molecule has 38 heavy (non-hydrogen) atoms. The van der Waals surface area contributed by atoms with E-state index in [1.165, 1.54) is 0 Å². The summed E-state index contributed by atoms with van der Waals surface area (Å²) < 4.78 is 2.04. The third-order valence-electron chi connectivity index (χ3n) is 6.70. The molecular formula is C29H27Cl2N5OS. The number of nitrogens with one attached hydrogen (secondary N) is 2. The van der Waals surface area contributed by atoms with E-state index in [9.17, 15) is 4.79 Å². The summed E-state index contributed by atoms with van der Waals surface area (Å²) >= 11 is 18.6. The van der Waals surface area contributed by atoms with Gasteiger partial charge in [0.05, 0.1) is 28.5 Å². The maximum atomic E-state index is 13.0. The summed E-state index contributed by atoms with van der Waals surface area (Å²) in [6.07, 6.45) is 4.85. The number of carbonyl (C=O) groups is 1. The Hall–Kier alpha value is -3.39. The number of aryl methyl sites for hydroxylation is 1. The Morgan fingerprint density at radius 1 is 1.08 bits per heavy atom. The van der Waals surface area contributed by atoms with Crippen LogP contribution < -0.4 is 10.6 Å². The number of anilines is 1. The Balaban J connectivity index is 1.45. The van der Waals surface area contributed by atoms with Crippen molar-refractivity contribution in [1.82, 2.24) is 19.8 Å². The van der Waals surface area contributed by atoms with Crippen LogP contribution in [-0.4, -0.2) is 32.0 Å². The molecule has 1 aliphatic rings. The molecule has 1 aliphatic heterocycles. The molecule has 0 bridgehead atoms. The largest absolute Gasteiger partial charge is 0.352 e. The highest BCUT2D eigenvalue weighted by Gasteiger charge is 2.41. The van der Waals surface area contributed by atoms with Gasteiger partial charge in [0.1, 0.15) is 0 Å². The molecule has 0 aliphatic carbocycles. The van der Waals surface area contributed by atoms with Gasteiger partial charge >= 0.3 is 0 Å². The molecule has 3 heterocycles. The first-order chi connectivity index (χ1) is 18.5. The topological polar surface area (TPSA) is 62.2 Å². The smallest absolute Gasteiger partial charge is 0.226 e. The highest BCUT2D eigenvalue weighted by molar-refractivity contribution is 7.80. The molecule has 1 saturated heterocycles. The van der Waals surface area contributed by atoms with Crippen LogP contribution in [0.4, 0.5) is 5.69 Å². The van der Waals surface area contributed by atoms with Crippen molar-refractivity contribution in [1.29, 1.82) is 0 Å². The number of benzene rings is 2. The van der Waals surface area contributed by atoms with Crippen molar-refractivity contribution in [3.8, 4) is 5.69 Å². The SMILES string of the molecule is CCc1ccccc1NC(=O)CCN1C(=S)N[C@H](c2ccccn2)[C@@H]1c1cccn1-c1ccc(Cl)cc1Cl. The molecule has 1 amide bonds. The molecule has 4 aromatic rings. The predicted molar refractivity (Wildman–Crippen MR) is 157 cm³/mol. The molecule has 2 N–H and O–H groups in total. The number of halogens is 2. The second-order valence-electron chi connectivity index (χ2n) is 9.03. The van der Waals surface area contributed by atoms with Crippen LogP contribution in [0.3, 0.4) is 0 Å². The fourth-order valence-corrected chi connectivity index (χ4v) is 5.72. The van der Waals surface area contributed by atoms with Gasteiger partial charge in [0.2, 0.25) is 5.91 Å². The molecule has 0 radical (unpaired) electrons. The molecule has 2 aromatic heterocycles. The Morgan fingerprint density at radius 2 is 1.89 bits per heavy atom. The molecular weight excluding hydrogens is 537 g/mol. The number of hydrogen-bond donors (Lipinski definition) is 2. The third-order valence-corrected chi connectivity index (χ3v) is 7.59. The maximum Gasteiger partial charge on any atom is 0.226 e. The molecule has 0 unspecified atom stereocenters. The van der Waals surface area contributed by atoms with E-state index in [4.69, 9.17) is 35.4 Å². The molecule has 6 nitrogen and oxygen atoms in total. The van der Waals surface area contributed by atoms with Crippen molar-refractivity contribution >= 4 is 52.1 Å². The summed E-state index contributed by atoms with van der Waals surface area (Å²) in [6.45, 7) is 2.50. The van der Waals surface area contributed by atoms with Gasteiger partial charge in [-0.2, -0.15) is 0 Å². The minimum Gasteiger partial charge on any atom is -0.352 e. The number of carbonyl (C=O) groups excluding carboxylic acids is 1. The molecule has 5 rings (SSSR count). The van der Waals surface area contributed by atoms with Crippen LogP contribution in [0.25, 0.3) is 5.69 Å². The van der Waals surface area contributed by atoms with Crippen molar-refractivity contribution in [2.75, 3.05) is 11.9 Å². The number of rotatable bonds is 8. The second kappa shape index (κ2) is 11.6. The van der Waals surface area contributed by atoms with Crippen molar-refractivity contribution < 1.29 is 4.79 Å². The summed E-state index contributed by atoms with van der Waals surface area (Å²) in [5, 5.41) is 8.20. The van der Waals surface area contributed by atoms with E-state index in [2.05, 4.69) is 27.4 Å². The van der Waals surface area contributed by atoms with Crippen LogP contribution in [0.15, 0.2) is 85.2 Å². The summed E-state index contributed by atoms with van der Waals surface area (Å²) in [6, 6.07) is 22.7. The van der Waals surface area contributed by atoms with Crippen LogP contribution in [0.1, 0.15) is 42.4 Å². The average molecular weight is 565 g/mol. The van der Waals surface area contributed by atoms with Crippen molar-refractivity contribution in [3.05, 3.63) is 112 Å².